The molecule has 5 N–H and O–H groups in total. The zero-order valence-corrected chi connectivity index (χ0v) is 5.29. The standard InChI is InChI=1S/C5H10N2O3/c6-5(10)1-3(4(8)9)7-2-5/h3,7,10H,1-2,6H2,(H,8,9)/t3-,5+/m0/s1/i/hD. The predicted molar refractivity (Wildman–Crippen MR) is 33.2 cm³/mol. The highest BCUT2D eigenvalue weighted by Gasteiger charge is 2.36. The molecule has 1 fully saturated rings. The maximum atomic E-state index is 10.3. The van der Waals surface area contributed by atoms with Crippen LogP contribution in [0.5, 0.6) is 0 Å². The fourth-order valence-corrected chi connectivity index (χ4v) is 0.949. The molecule has 5 nitrogen and oxygen atoms in total. The Balaban J connectivity index is 2.53. The minimum Gasteiger partial charge on any atom is -0.480 e. The van der Waals surface area contributed by atoms with E-state index in [1.54, 1.807) is 0 Å². The van der Waals surface area contributed by atoms with Crippen LogP contribution in [0.1, 0.15) is 6.42 Å². The Labute approximate surface area is 59.3 Å². The quantitative estimate of drug-likeness (QED) is 0.341. The first-order valence-corrected chi connectivity index (χ1v) is 2.95. The Bertz CT molecular complexity index is 177. The molecule has 0 radical (unpaired) electrons. The molecule has 1 heterocycles. The Morgan fingerprint density at radius 2 is 2.70 bits per heavy atom. The highest BCUT2D eigenvalue weighted by molar-refractivity contribution is 5.74. The van der Waals surface area contributed by atoms with E-state index in [0.717, 1.165) is 0 Å². The van der Waals surface area contributed by atoms with Crippen LogP contribution in [-0.2, 0) is 4.79 Å². The lowest BCUT2D eigenvalue weighted by Gasteiger charge is -2.12. The van der Waals surface area contributed by atoms with E-state index >= 15 is 0 Å². The molecular weight excluding hydrogens is 136 g/mol. The molecule has 0 amide bonds. The molecule has 0 unspecified atom stereocenters. The first kappa shape index (κ1) is 6.09. The van der Waals surface area contributed by atoms with Gasteiger partial charge in [-0.15, -0.1) is 0 Å². The second-order valence-corrected chi connectivity index (χ2v) is 2.51. The van der Waals surface area contributed by atoms with Gasteiger partial charge in [0.2, 0.25) is 0 Å². The van der Waals surface area contributed by atoms with Crippen LogP contribution in [0.2, 0.25) is 1.41 Å². The van der Waals surface area contributed by atoms with Crippen molar-refractivity contribution in [3.05, 3.63) is 0 Å². The molecule has 1 saturated heterocycles. The summed E-state index contributed by atoms with van der Waals surface area (Å²) in [6, 6.07) is -0.752. The summed E-state index contributed by atoms with van der Waals surface area (Å²) in [5, 5.41) is 20.3. The van der Waals surface area contributed by atoms with E-state index in [0.29, 0.717) is 0 Å². The van der Waals surface area contributed by atoms with E-state index in [-0.39, 0.29) is 13.0 Å². The molecule has 0 bridgehead atoms. The Morgan fingerprint density at radius 1 is 2.00 bits per heavy atom. The molecule has 58 valence electrons. The largest absolute Gasteiger partial charge is 0.480 e. The average Bonchev–Trinajstić information content (AvgIpc) is 2.33. The van der Waals surface area contributed by atoms with Crippen molar-refractivity contribution in [2.45, 2.75) is 18.2 Å². The van der Waals surface area contributed by atoms with Crippen LogP contribution in [-0.4, -0.2) is 34.5 Å². The first-order valence-electron chi connectivity index (χ1n) is 3.45. The van der Waals surface area contributed by atoms with Gasteiger partial charge in [0, 0.05) is 13.0 Å². The third-order valence-corrected chi connectivity index (χ3v) is 1.48. The van der Waals surface area contributed by atoms with Crippen LogP contribution in [0.4, 0.5) is 0 Å². The summed E-state index contributed by atoms with van der Waals surface area (Å²) in [7, 11) is 0. The van der Waals surface area contributed by atoms with E-state index in [1.165, 1.54) is 0 Å². The van der Waals surface area contributed by atoms with Crippen molar-refractivity contribution in [2.75, 3.05) is 6.54 Å². The normalized spacial score (nSPS) is 41.3. The van der Waals surface area contributed by atoms with Crippen molar-refractivity contribution >= 4 is 5.97 Å². The van der Waals surface area contributed by atoms with Gasteiger partial charge in [0.05, 0.1) is 0 Å². The number of rotatable bonds is 2. The molecule has 0 saturated carbocycles. The van der Waals surface area contributed by atoms with Gasteiger partial charge in [-0.3, -0.25) is 4.79 Å². The molecule has 0 aliphatic carbocycles. The average molecular weight is 147 g/mol. The van der Waals surface area contributed by atoms with Crippen molar-refractivity contribution in [1.29, 1.82) is 0 Å². The molecule has 0 spiro atoms. The van der Waals surface area contributed by atoms with E-state index in [4.69, 9.17) is 6.52 Å². The smallest absolute Gasteiger partial charge is 0.320 e. The monoisotopic (exact) mass is 147 g/mol. The van der Waals surface area contributed by atoms with Gasteiger partial charge in [0.1, 0.15) is 13.2 Å². The number of carbonyl (C=O) groups is 1. The van der Waals surface area contributed by atoms with Crippen molar-refractivity contribution in [1.82, 2.24) is 5.32 Å². The Morgan fingerprint density at radius 3 is 3.00 bits per heavy atom. The number of carboxylic acid groups (broad SMARTS) is 1. The number of aliphatic hydroxyl groups is 1. The zero-order chi connectivity index (χ0) is 8.48. The number of hydrogen-bond acceptors (Lipinski definition) is 4. The molecule has 0 aromatic carbocycles. The maximum absolute atomic E-state index is 10.3. The number of β-amino-alcohol motifs (C(OH)–C–C–N with tert-alkyl or cyclic N) is 1. The highest BCUT2D eigenvalue weighted by atomic mass is 16.4. The summed E-state index contributed by atoms with van der Waals surface area (Å²) >= 11 is 0. The van der Waals surface area contributed by atoms with Gasteiger partial charge in [-0.2, -0.15) is 0 Å². The minimum absolute atomic E-state index is 0.0197. The number of hydrogen-bond donors (Lipinski definition) is 4. The molecule has 0 aromatic rings. The van der Waals surface area contributed by atoms with Gasteiger partial charge < -0.3 is 21.3 Å². The first-order chi connectivity index (χ1) is 5.07. The Kier molecular flexibility index (Phi) is 1.33. The SMILES string of the molecule is [2H]N[C@]1(O)CN[C@H](C(=O)O)C1. The van der Waals surface area contributed by atoms with E-state index in [2.05, 4.69) is 5.32 Å². The van der Waals surface area contributed by atoms with Gasteiger partial charge in [-0.1, -0.05) is 0 Å². The van der Waals surface area contributed by atoms with E-state index in [9.17, 15) is 9.90 Å². The summed E-state index contributed by atoms with van der Waals surface area (Å²) in [6.07, 6.45) is 0.0197. The topological polar surface area (TPSA) is 95.6 Å². The second kappa shape index (κ2) is 2.19. The van der Waals surface area contributed by atoms with Crippen molar-refractivity contribution in [2.24, 2.45) is 5.73 Å². The summed E-state index contributed by atoms with van der Waals surface area (Å²) in [4.78, 5) is 10.3. The minimum atomic E-state index is -1.39. The molecule has 1 rings (SSSR count). The fourth-order valence-electron chi connectivity index (χ4n) is 0.949. The van der Waals surface area contributed by atoms with Gasteiger partial charge in [-0.25, -0.2) is 0 Å². The van der Waals surface area contributed by atoms with Gasteiger partial charge in [0.15, 0.2) is 0 Å². The number of aliphatic carboxylic acids is 1. The van der Waals surface area contributed by atoms with Crippen molar-refractivity contribution < 1.29 is 16.4 Å². The van der Waals surface area contributed by atoms with Crippen molar-refractivity contribution in [3.8, 4) is 0 Å². The van der Waals surface area contributed by atoms with Gasteiger partial charge in [0.25, 0.3) is 0 Å². The molecule has 1 aliphatic rings. The summed E-state index contributed by atoms with van der Waals surface area (Å²) < 4.78 is 6.69. The van der Waals surface area contributed by atoms with E-state index < -0.39 is 17.7 Å². The Hall–Kier alpha value is -0.650. The van der Waals surface area contributed by atoms with Crippen LogP contribution in [0, 0.1) is 0 Å². The number of nitrogens with one attached hydrogen (secondary N) is 1. The van der Waals surface area contributed by atoms with Gasteiger partial charge >= 0.3 is 5.97 Å². The van der Waals surface area contributed by atoms with Crippen LogP contribution in [0.25, 0.3) is 0 Å². The molecule has 0 aromatic heterocycles. The molecule has 1 aliphatic heterocycles. The van der Waals surface area contributed by atoms with Crippen LogP contribution >= 0.6 is 0 Å². The van der Waals surface area contributed by atoms with Crippen molar-refractivity contribution in [3.63, 3.8) is 0 Å². The third kappa shape index (κ3) is 1.44. The predicted octanol–water partition coefficient (Wildman–Crippen LogP) is -1.92. The molecular formula is C5H10N2O3. The zero-order valence-electron chi connectivity index (χ0n) is 6.29. The molecule has 5 heteroatoms. The lowest BCUT2D eigenvalue weighted by atomic mass is 10.1. The highest BCUT2D eigenvalue weighted by Crippen LogP contribution is 2.12. The molecule has 2 atom stereocenters. The fraction of sp³-hybridized carbons (Fsp3) is 0.800. The van der Waals surface area contributed by atoms with Gasteiger partial charge in [-0.05, 0) is 0 Å². The van der Waals surface area contributed by atoms with E-state index in [1.807, 2.05) is 5.73 Å². The maximum Gasteiger partial charge on any atom is 0.320 e. The lowest BCUT2D eigenvalue weighted by Crippen LogP contribution is -2.41. The molecule has 10 heavy (non-hydrogen) atoms. The second-order valence-electron chi connectivity index (χ2n) is 2.51. The van der Waals surface area contributed by atoms with Crippen LogP contribution in [0.3, 0.4) is 0 Å². The third-order valence-electron chi connectivity index (χ3n) is 1.48. The lowest BCUT2D eigenvalue weighted by molar-refractivity contribution is -0.139. The summed E-state index contributed by atoms with van der Waals surface area (Å²) in [5.74, 6) is -1.00. The number of carboxylic acids is 1. The number of nitrogens with two attached hydrogens (primary N) is 1. The summed E-state index contributed by atoms with van der Waals surface area (Å²) in [5.41, 5.74) is 0.519. The van der Waals surface area contributed by atoms with Crippen LogP contribution < -0.4 is 11.0 Å². The summed E-state index contributed by atoms with van der Waals surface area (Å²) in [6.45, 7) is 0.0907. The van der Waals surface area contributed by atoms with Crippen LogP contribution in [0.15, 0.2) is 0 Å².